The minimum absolute atomic E-state index is 0.00437. The molecule has 110 heavy (non-hydrogen) atoms. The van der Waals surface area contributed by atoms with Gasteiger partial charge in [0.15, 0.2) is 0 Å². The van der Waals surface area contributed by atoms with E-state index in [0.717, 1.165) is 50.2 Å². The number of carbonyl (C=O) groups excluding carboxylic acids is 12. The lowest BCUT2D eigenvalue weighted by Gasteiger charge is -2.47. The van der Waals surface area contributed by atoms with Crippen LogP contribution in [0.1, 0.15) is 189 Å². The van der Waals surface area contributed by atoms with Crippen LogP contribution in [-0.4, -0.2) is 289 Å². The lowest BCUT2D eigenvalue weighted by Crippen LogP contribution is -2.68. The lowest BCUT2D eigenvalue weighted by atomic mass is 9.74. The zero-order chi connectivity index (χ0) is 81.8. The molecule has 0 radical (unpaired) electrons. The molecule has 6 fully saturated rings. The van der Waals surface area contributed by atoms with E-state index in [0.29, 0.717) is 25.7 Å². The van der Waals surface area contributed by atoms with Gasteiger partial charge in [-0.1, -0.05) is 84.8 Å². The first-order chi connectivity index (χ1) is 51.6. The molecule has 1 spiro atoms. The second-order valence-corrected chi connectivity index (χ2v) is 32.4. The van der Waals surface area contributed by atoms with Gasteiger partial charge < -0.3 is 64.8 Å². The summed E-state index contributed by atoms with van der Waals surface area (Å²) in [4.78, 5) is 192. The summed E-state index contributed by atoms with van der Waals surface area (Å²) >= 11 is 0. The van der Waals surface area contributed by atoms with Gasteiger partial charge in [-0.3, -0.25) is 57.5 Å². The number of alkyl halides is 8. The maximum atomic E-state index is 15.6. The summed E-state index contributed by atoms with van der Waals surface area (Å²) in [5.41, 5.74) is -1.71. The number of likely N-dealkylation sites (N-methyl/N-ethyl adjacent to an activating group) is 7. The van der Waals surface area contributed by atoms with E-state index in [-0.39, 0.29) is 103 Å². The second kappa shape index (κ2) is 39.0. The Kier molecular flexibility index (Phi) is 31.9. The van der Waals surface area contributed by atoms with Crippen molar-refractivity contribution < 1.29 is 97.4 Å². The van der Waals surface area contributed by atoms with Crippen LogP contribution in [0.4, 0.5) is 35.1 Å². The summed E-state index contributed by atoms with van der Waals surface area (Å²) in [7, 11) is 10.9. The third kappa shape index (κ3) is 21.8. The Bertz CT molecular complexity index is 3260. The molecule has 3 N–H and O–H groups in total. The first-order valence-corrected chi connectivity index (χ1v) is 39.6. The Morgan fingerprint density at radius 2 is 1.21 bits per heavy atom. The van der Waals surface area contributed by atoms with E-state index in [9.17, 15) is 45.5 Å². The van der Waals surface area contributed by atoms with Crippen molar-refractivity contribution in [2.24, 2.45) is 41.4 Å². The molecule has 0 aromatic rings. The summed E-state index contributed by atoms with van der Waals surface area (Å²) < 4.78 is 121. The number of hydrogen-bond donors (Lipinski definition) is 3. The number of nitrogens with one attached hydrogen (secondary N) is 3. The summed E-state index contributed by atoms with van der Waals surface area (Å²) in [6.45, 7) is 6.89. The Labute approximate surface area is 642 Å². The topological polar surface area (TPSA) is 279 Å². The van der Waals surface area contributed by atoms with Crippen LogP contribution in [0.5, 0.6) is 0 Å². The number of nitrogens with zero attached hydrogens (tertiary/aromatic N) is 9. The van der Waals surface area contributed by atoms with Crippen LogP contribution in [0.25, 0.3) is 0 Å². The lowest BCUT2D eigenvalue weighted by molar-refractivity contribution is -0.219. The predicted octanol–water partition coefficient (Wildman–Crippen LogP) is 7.13. The smallest absolute Gasteiger partial charge is 0.377 e. The van der Waals surface area contributed by atoms with Gasteiger partial charge in [0.05, 0.1) is 31.5 Å². The van der Waals surface area contributed by atoms with Crippen molar-refractivity contribution in [3.8, 4) is 0 Å². The molecule has 33 heteroatoms. The molecule has 2 unspecified atom stereocenters. The molecular formula is C77H120F8N12O13. The summed E-state index contributed by atoms with van der Waals surface area (Å²) in [5, 5.41) is 8.47. The average Bonchev–Trinajstić information content (AvgIpc) is 1.24. The highest BCUT2D eigenvalue weighted by molar-refractivity contribution is 6.01. The number of hydrogen-bond acceptors (Lipinski definition) is 13. The van der Waals surface area contributed by atoms with E-state index in [1.165, 1.54) is 76.0 Å². The van der Waals surface area contributed by atoms with Gasteiger partial charge >= 0.3 is 12.4 Å². The number of carbonyl (C=O) groups is 12. The first kappa shape index (κ1) is 90.0. The van der Waals surface area contributed by atoms with Crippen LogP contribution in [0.15, 0.2) is 12.2 Å². The molecule has 7 rings (SSSR count). The molecule has 12 amide bonds. The monoisotopic (exact) mass is 1570 g/mol. The van der Waals surface area contributed by atoms with Gasteiger partial charge in [-0.25, -0.2) is 8.78 Å². The minimum atomic E-state index is -5.22. The van der Waals surface area contributed by atoms with Crippen LogP contribution >= 0.6 is 0 Å². The third-order valence-corrected chi connectivity index (χ3v) is 24.9. The van der Waals surface area contributed by atoms with Gasteiger partial charge in [-0.2, -0.15) is 26.3 Å². The van der Waals surface area contributed by atoms with Crippen molar-refractivity contribution >= 4 is 70.9 Å². The van der Waals surface area contributed by atoms with Crippen molar-refractivity contribution in [1.82, 2.24) is 60.0 Å². The fourth-order valence-corrected chi connectivity index (χ4v) is 17.6. The fraction of sp³-hybridized carbons (Fsp3) is 0.818. The van der Waals surface area contributed by atoms with Gasteiger partial charge in [0.1, 0.15) is 72.1 Å². The molecule has 4 aliphatic carbocycles. The maximum Gasteiger partial charge on any atom is 0.397 e. The molecule has 2 saturated heterocycles. The summed E-state index contributed by atoms with van der Waals surface area (Å²) in [6, 6.07) is -11.4. The molecule has 3 heterocycles. The Hall–Kier alpha value is -7.22. The molecule has 0 aromatic carbocycles. The number of amides is 12. The van der Waals surface area contributed by atoms with Gasteiger partial charge in [-0.05, 0) is 133 Å². The van der Waals surface area contributed by atoms with Crippen LogP contribution in [-0.2, 0) is 62.3 Å². The zero-order valence-electron chi connectivity index (χ0n) is 66.4. The highest BCUT2D eigenvalue weighted by Crippen LogP contribution is 2.46. The van der Waals surface area contributed by atoms with Crippen molar-refractivity contribution in [1.29, 1.82) is 0 Å². The van der Waals surface area contributed by atoms with Gasteiger partial charge in [0, 0.05) is 82.5 Å². The Morgan fingerprint density at radius 3 is 1.76 bits per heavy atom. The summed E-state index contributed by atoms with van der Waals surface area (Å²) in [5.74, 6) is -16.9. The highest BCUT2D eigenvalue weighted by atomic mass is 19.4. The molecule has 4 saturated carbocycles. The normalized spacial score (nSPS) is 31.6. The summed E-state index contributed by atoms with van der Waals surface area (Å²) in [6.07, 6.45) is -11.6. The number of rotatable bonds is 15. The Balaban J connectivity index is 1.33. The van der Waals surface area contributed by atoms with E-state index in [1.807, 2.05) is 13.8 Å². The quantitative estimate of drug-likeness (QED) is 0.109. The minimum Gasteiger partial charge on any atom is -0.377 e. The average molecular weight is 1570 g/mol. The molecular weight excluding hydrogens is 1450 g/mol. The van der Waals surface area contributed by atoms with Crippen LogP contribution in [0, 0.1) is 41.4 Å². The highest BCUT2D eigenvalue weighted by Gasteiger charge is 2.56. The molecule has 0 aromatic heterocycles. The van der Waals surface area contributed by atoms with Gasteiger partial charge in [0.25, 0.3) is 0 Å². The van der Waals surface area contributed by atoms with Crippen LogP contribution in [0.3, 0.4) is 0 Å². The number of fused-ring (bicyclic) bond motifs is 3. The maximum absolute atomic E-state index is 15.6. The van der Waals surface area contributed by atoms with E-state index in [4.69, 9.17) is 4.74 Å². The van der Waals surface area contributed by atoms with E-state index in [2.05, 4.69) is 16.0 Å². The van der Waals surface area contributed by atoms with Crippen molar-refractivity contribution in [3.63, 3.8) is 0 Å². The zero-order valence-corrected chi connectivity index (χ0v) is 66.4. The van der Waals surface area contributed by atoms with Crippen molar-refractivity contribution in [2.75, 3.05) is 89.2 Å². The largest absolute Gasteiger partial charge is 0.397 e. The van der Waals surface area contributed by atoms with Crippen LogP contribution < -0.4 is 16.0 Å². The predicted molar refractivity (Wildman–Crippen MR) is 390 cm³/mol. The van der Waals surface area contributed by atoms with Gasteiger partial charge in [0.2, 0.25) is 70.9 Å². The SMILES string of the molecule is CCO[C@@H]1C[C@H]2C(=O)NC3(CCC3)C(=O)N(C)[C@@H](C(CC)CC)C(=O)N(C)[C@H](C(=O)N(C)C)CC(=O)N(C)[C@@H](CC3CCCC3)C(=O)N[C@@H]([C@@H](C)CC)C(=O)N(C)CC(=O)N(C)[C@H]3C/C=C\CCN(C3=O)[C@@H](CC3CCC(C(F)(F)F)CC3)C(=O)N(C)CC(=O)N[C@@H](CCC3CC(F)C(C(F)(F)F)C(F)C3)C(=O)N2C1. The molecule has 12 atom stereocenters. The first-order valence-electron chi connectivity index (χ1n) is 39.6. The number of halogens is 8. The third-order valence-electron chi connectivity index (χ3n) is 24.9. The van der Waals surface area contributed by atoms with E-state index < -0.39 is 230 Å². The number of ether oxygens (including phenoxy) is 1. The molecule has 2 bridgehead atoms. The van der Waals surface area contributed by atoms with Crippen molar-refractivity contribution in [3.05, 3.63) is 12.2 Å². The molecule has 7 aliphatic rings. The Morgan fingerprint density at radius 1 is 0.609 bits per heavy atom. The van der Waals surface area contributed by atoms with E-state index >= 15 is 47.1 Å². The fourth-order valence-electron chi connectivity index (χ4n) is 17.6. The second-order valence-electron chi connectivity index (χ2n) is 32.4. The van der Waals surface area contributed by atoms with E-state index in [1.54, 1.807) is 32.9 Å². The van der Waals surface area contributed by atoms with Crippen LogP contribution in [0.2, 0.25) is 0 Å². The standard InChI is InChI=1S/C77H120F8N12O13/c1-14-45(5)64-72(107)91(9)44-62(100)92(10)55-26-19-18-22-35-96(71(55)106)59(39-47-27-30-50(31-28-47)76(80,81)82)70(105)90(8)43-60(98)86-54(32-29-48-36-52(78)63(53(79)37-48)77(83,84)85)68(103)97-42-51(110-17-4)40-57(97)67(102)88-75(33-23-34-75)74(109)95(13)65(49(15-2)16-3)73(108)94(12)58(69(104)89(6)7)41-61(99)93(11)56(66(101)87-64)38-46-24-20-21-25-46/h18-19,45-59,63-65H,14-17,20-44H2,1-13H3,(H,86,98)(H,87,101)(H,88,102)/b19-18-/t45-,47?,48?,50?,51+,52?,53?,54-,55-,56-,57-,58-,59-,63?,64-,65-/m0/s1. The molecule has 25 nitrogen and oxygen atoms in total. The molecule has 622 valence electrons. The molecule has 3 aliphatic heterocycles. The van der Waals surface area contributed by atoms with Crippen molar-refractivity contribution in [2.45, 2.75) is 273 Å². The van der Waals surface area contributed by atoms with Gasteiger partial charge in [-0.15, -0.1) is 0 Å².